The van der Waals surface area contributed by atoms with Gasteiger partial charge in [-0.15, -0.1) is 0 Å². The van der Waals surface area contributed by atoms with Gasteiger partial charge in [-0.05, 0) is 53.5 Å². The average molecular weight is 348 g/mol. The third-order valence-corrected chi connectivity index (χ3v) is 4.13. The highest BCUT2D eigenvalue weighted by Gasteiger charge is 2.15. The van der Waals surface area contributed by atoms with Gasteiger partial charge in [-0.25, -0.2) is 14.6 Å². The molecule has 2 aromatic heterocycles. The molecule has 0 spiro atoms. The minimum Gasteiger partial charge on any atom is -0.506 e. The first kappa shape index (κ1) is 15.8. The van der Waals surface area contributed by atoms with E-state index in [-0.39, 0.29) is 11.4 Å². The second-order valence-corrected chi connectivity index (χ2v) is 5.85. The van der Waals surface area contributed by atoms with Crippen LogP contribution >= 0.6 is 0 Å². The van der Waals surface area contributed by atoms with Crippen LogP contribution in [0.4, 0.5) is 23.0 Å². The van der Waals surface area contributed by atoms with E-state index in [1.807, 2.05) is 38.1 Å². The Balaban J connectivity index is 1.79. The molecule has 2 heterocycles. The van der Waals surface area contributed by atoms with Gasteiger partial charge in [0, 0.05) is 5.69 Å². The van der Waals surface area contributed by atoms with Crippen LogP contribution in [-0.2, 0) is 0 Å². The summed E-state index contributed by atoms with van der Waals surface area (Å²) < 4.78 is 4.71. The Kier molecular flexibility index (Phi) is 3.85. The van der Waals surface area contributed by atoms with Gasteiger partial charge in [-0.1, -0.05) is 24.3 Å². The first-order chi connectivity index (χ1) is 12.6. The molecule has 0 radical (unpaired) electrons. The summed E-state index contributed by atoms with van der Waals surface area (Å²) in [5.74, 6) is 0.950. The fourth-order valence-electron chi connectivity index (χ4n) is 2.53. The number of para-hydroxylation sites is 2. The molecule has 0 atom stereocenters. The lowest BCUT2D eigenvalue weighted by Crippen LogP contribution is -2.04. The fourth-order valence-corrected chi connectivity index (χ4v) is 2.53. The van der Waals surface area contributed by atoms with E-state index in [0.29, 0.717) is 23.0 Å². The van der Waals surface area contributed by atoms with E-state index in [0.717, 1.165) is 16.8 Å². The van der Waals surface area contributed by atoms with Gasteiger partial charge in [0.1, 0.15) is 5.75 Å². The van der Waals surface area contributed by atoms with Crippen molar-refractivity contribution in [3.8, 4) is 5.75 Å². The van der Waals surface area contributed by atoms with Gasteiger partial charge < -0.3 is 15.7 Å². The number of nitrogens with one attached hydrogen (secondary N) is 2. The molecule has 8 nitrogen and oxygen atoms in total. The molecule has 0 saturated heterocycles. The molecular weight excluding hydrogens is 332 g/mol. The second-order valence-electron chi connectivity index (χ2n) is 5.85. The van der Waals surface area contributed by atoms with E-state index >= 15 is 0 Å². The number of anilines is 4. The number of hydrogen-bond acceptors (Lipinski definition) is 8. The molecular formula is C18H16N6O2. The molecule has 0 amide bonds. The first-order valence-corrected chi connectivity index (χ1v) is 8.00. The van der Waals surface area contributed by atoms with Crippen molar-refractivity contribution in [1.29, 1.82) is 0 Å². The maximum absolute atomic E-state index is 10.0. The first-order valence-electron chi connectivity index (χ1n) is 8.00. The largest absolute Gasteiger partial charge is 0.506 e. The highest BCUT2D eigenvalue weighted by Crippen LogP contribution is 2.31. The Morgan fingerprint density at radius 1 is 0.808 bits per heavy atom. The van der Waals surface area contributed by atoms with Crippen LogP contribution in [0.5, 0.6) is 5.75 Å². The Hall–Kier alpha value is -3.68. The van der Waals surface area contributed by atoms with Gasteiger partial charge >= 0.3 is 0 Å². The SMILES string of the molecule is Cc1cccc(Nc2nc3nonc3nc2Nc2ccccc2O)c1C. The van der Waals surface area contributed by atoms with Gasteiger partial charge in [0.05, 0.1) is 5.69 Å². The lowest BCUT2D eigenvalue weighted by molar-refractivity contribution is 0.314. The summed E-state index contributed by atoms with van der Waals surface area (Å²) in [4.78, 5) is 8.85. The zero-order valence-electron chi connectivity index (χ0n) is 14.2. The quantitative estimate of drug-likeness (QED) is 0.478. The van der Waals surface area contributed by atoms with Gasteiger partial charge in [-0.3, -0.25) is 0 Å². The molecule has 8 heteroatoms. The van der Waals surface area contributed by atoms with E-state index in [4.69, 9.17) is 4.63 Å². The Bertz CT molecular complexity index is 1090. The van der Waals surface area contributed by atoms with E-state index in [1.165, 1.54) is 0 Å². The molecule has 0 fully saturated rings. The lowest BCUT2D eigenvalue weighted by Gasteiger charge is -2.14. The van der Waals surface area contributed by atoms with Gasteiger partial charge in [0.2, 0.25) is 11.3 Å². The number of phenolic OH excluding ortho intramolecular Hbond substituents is 1. The normalized spacial score (nSPS) is 10.8. The molecule has 3 N–H and O–H groups in total. The Morgan fingerprint density at radius 3 is 2.12 bits per heavy atom. The summed E-state index contributed by atoms with van der Waals surface area (Å²) in [5.41, 5.74) is 4.22. The van der Waals surface area contributed by atoms with Crippen molar-refractivity contribution in [2.24, 2.45) is 0 Å². The van der Waals surface area contributed by atoms with E-state index in [1.54, 1.807) is 18.2 Å². The number of aromatic hydroxyl groups is 1. The van der Waals surface area contributed by atoms with Gasteiger partial charge in [0.25, 0.3) is 0 Å². The molecule has 0 bridgehead atoms. The van der Waals surface area contributed by atoms with Crippen molar-refractivity contribution in [3.63, 3.8) is 0 Å². The van der Waals surface area contributed by atoms with Crippen LogP contribution in [0.3, 0.4) is 0 Å². The minimum absolute atomic E-state index is 0.102. The van der Waals surface area contributed by atoms with Crippen LogP contribution in [0.1, 0.15) is 11.1 Å². The number of nitrogens with zero attached hydrogens (tertiary/aromatic N) is 4. The van der Waals surface area contributed by atoms with Crippen molar-refractivity contribution in [2.75, 3.05) is 10.6 Å². The summed E-state index contributed by atoms with van der Waals surface area (Å²) in [6.07, 6.45) is 0. The van der Waals surface area contributed by atoms with Crippen LogP contribution in [0.25, 0.3) is 11.3 Å². The fraction of sp³-hybridized carbons (Fsp3) is 0.111. The highest BCUT2D eigenvalue weighted by atomic mass is 16.6. The van der Waals surface area contributed by atoms with E-state index in [2.05, 4.69) is 30.9 Å². The maximum atomic E-state index is 10.0. The summed E-state index contributed by atoms with van der Waals surface area (Å²) in [6, 6.07) is 12.8. The van der Waals surface area contributed by atoms with Crippen LogP contribution in [0.2, 0.25) is 0 Å². The molecule has 0 aliphatic heterocycles. The maximum Gasteiger partial charge on any atom is 0.245 e. The van der Waals surface area contributed by atoms with Gasteiger partial charge in [0.15, 0.2) is 11.6 Å². The van der Waals surface area contributed by atoms with Crippen molar-refractivity contribution in [1.82, 2.24) is 20.3 Å². The van der Waals surface area contributed by atoms with Crippen molar-refractivity contribution >= 4 is 34.3 Å². The predicted octanol–water partition coefficient (Wildman–Crippen LogP) is 3.82. The molecule has 130 valence electrons. The highest BCUT2D eigenvalue weighted by molar-refractivity contribution is 5.80. The monoisotopic (exact) mass is 348 g/mol. The molecule has 26 heavy (non-hydrogen) atoms. The number of rotatable bonds is 4. The third-order valence-electron chi connectivity index (χ3n) is 4.13. The number of hydrogen-bond donors (Lipinski definition) is 3. The third kappa shape index (κ3) is 2.88. The number of fused-ring (bicyclic) bond motifs is 1. The molecule has 0 saturated carbocycles. The van der Waals surface area contributed by atoms with Crippen molar-refractivity contribution < 1.29 is 9.74 Å². The molecule has 2 aromatic carbocycles. The number of benzene rings is 2. The minimum atomic E-state index is 0.102. The standard InChI is InChI=1S/C18H16N6O2/c1-10-6-5-8-12(11(10)2)19-15-16(20-13-7-3-4-9-14(13)25)22-18-17(21-15)23-26-24-18/h3-9,25H,1-2H3,(H,19,21,23)(H,20,22,24). The van der Waals surface area contributed by atoms with Crippen LogP contribution in [0.15, 0.2) is 47.1 Å². The average Bonchev–Trinajstić information content (AvgIpc) is 3.08. The van der Waals surface area contributed by atoms with Gasteiger partial charge in [-0.2, -0.15) is 0 Å². The number of aryl methyl sites for hydroxylation is 1. The van der Waals surface area contributed by atoms with E-state index in [9.17, 15) is 5.11 Å². The summed E-state index contributed by atoms with van der Waals surface area (Å²) >= 11 is 0. The smallest absolute Gasteiger partial charge is 0.245 e. The van der Waals surface area contributed by atoms with Crippen molar-refractivity contribution in [3.05, 3.63) is 53.6 Å². The topological polar surface area (TPSA) is 109 Å². The van der Waals surface area contributed by atoms with Crippen LogP contribution < -0.4 is 10.6 Å². The van der Waals surface area contributed by atoms with Crippen molar-refractivity contribution in [2.45, 2.75) is 13.8 Å². The molecule has 0 aliphatic carbocycles. The number of aromatic nitrogens is 4. The Labute approximate surface area is 148 Å². The molecule has 4 rings (SSSR count). The summed E-state index contributed by atoms with van der Waals surface area (Å²) in [6.45, 7) is 4.06. The predicted molar refractivity (Wildman–Crippen MR) is 98.0 cm³/mol. The zero-order valence-corrected chi connectivity index (χ0v) is 14.2. The molecule has 0 unspecified atom stereocenters. The molecule has 0 aliphatic rings. The van der Waals surface area contributed by atoms with E-state index < -0.39 is 0 Å². The lowest BCUT2D eigenvalue weighted by atomic mass is 10.1. The Morgan fingerprint density at radius 2 is 1.42 bits per heavy atom. The van der Waals surface area contributed by atoms with Crippen LogP contribution in [0, 0.1) is 13.8 Å². The zero-order chi connectivity index (χ0) is 18.1. The summed E-state index contributed by atoms with van der Waals surface area (Å²) in [5, 5.41) is 23.9. The number of phenols is 1. The van der Waals surface area contributed by atoms with Crippen LogP contribution in [-0.4, -0.2) is 25.4 Å². The second kappa shape index (κ2) is 6.32. The summed E-state index contributed by atoms with van der Waals surface area (Å²) in [7, 11) is 0. The molecule has 4 aromatic rings.